The molecular weight excluding hydrogens is 308 g/mol. The molecule has 3 nitrogen and oxygen atoms in total. The van der Waals surface area contributed by atoms with Crippen molar-refractivity contribution in [2.24, 2.45) is 5.92 Å². The molecule has 4 heteroatoms. The van der Waals surface area contributed by atoms with E-state index >= 15 is 0 Å². The molecule has 0 saturated heterocycles. The highest BCUT2D eigenvalue weighted by molar-refractivity contribution is 9.10. The standard InChI is InChI=1S/C15H19BrO3/c16-14-8-12(9-17)5-6-15(14)19-10-13(18)7-11-3-1-2-4-11/h5-6,8-9,11,13,18H,1-4,7,10H2. The molecule has 0 spiro atoms. The SMILES string of the molecule is O=Cc1ccc(OCC(O)CC2CCCC2)c(Br)c1. The molecule has 1 aromatic rings. The quantitative estimate of drug-likeness (QED) is 0.813. The summed E-state index contributed by atoms with van der Waals surface area (Å²) >= 11 is 3.36. The number of halogens is 1. The second-order valence-electron chi connectivity index (χ2n) is 5.16. The van der Waals surface area contributed by atoms with E-state index in [1.807, 2.05) is 0 Å². The first-order valence-corrected chi connectivity index (χ1v) is 7.54. The summed E-state index contributed by atoms with van der Waals surface area (Å²) in [5.74, 6) is 1.32. The molecule has 104 valence electrons. The zero-order valence-corrected chi connectivity index (χ0v) is 12.4. The van der Waals surface area contributed by atoms with Crippen LogP contribution >= 0.6 is 15.9 Å². The molecule has 0 radical (unpaired) electrons. The molecule has 1 aliphatic rings. The lowest BCUT2D eigenvalue weighted by atomic mass is 10.0. The lowest BCUT2D eigenvalue weighted by Gasteiger charge is -2.16. The van der Waals surface area contributed by atoms with Crippen molar-refractivity contribution in [3.8, 4) is 5.75 Å². The van der Waals surface area contributed by atoms with Crippen molar-refractivity contribution in [2.45, 2.75) is 38.2 Å². The number of aldehydes is 1. The van der Waals surface area contributed by atoms with E-state index in [2.05, 4.69) is 15.9 Å². The van der Waals surface area contributed by atoms with Gasteiger partial charge in [0.05, 0.1) is 10.6 Å². The van der Waals surface area contributed by atoms with E-state index in [9.17, 15) is 9.90 Å². The smallest absolute Gasteiger partial charge is 0.150 e. The number of aliphatic hydroxyl groups excluding tert-OH is 1. The van der Waals surface area contributed by atoms with E-state index in [0.717, 1.165) is 17.2 Å². The second-order valence-corrected chi connectivity index (χ2v) is 6.01. The summed E-state index contributed by atoms with van der Waals surface area (Å²) in [4.78, 5) is 10.6. The molecule has 1 aromatic carbocycles. The van der Waals surface area contributed by atoms with Crippen LogP contribution in [0.25, 0.3) is 0 Å². The number of carbonyl (C=O) groups is 1. The average Bonchev–Trinajstić information content (AvgIpc) is 2.90. The lowest BCUT2D eigenvalue weighted by Crippen LogP contribution is -2.20. The third-order valence-electron chi connectivity index (χ3n) is 3.60. The Bertz CT molecular complexity index is 427. The second kappa shape index (κ2) is 7.06. The van der Waals surface area contributed by atoms with Gasteiger partial charge in [-0.05, 0) is 46.5 Å². The molecule has 2 rings (SSSR count). The minimum atomic E-state index is -0.416. The fourth-order valence-electron chi connectivity index (χ4n) is 2.59. The largest absolute Gasteiger partial charge is 0.490 e. The van der Waals surface area contributed by atoms with Gasteiger partial charge < -0.3 is 9.84 Å². The maximum Gasteiger partial charge on any atom is 0.150 e. The van der Waals surface area contributed by atoms with Crippen molar-refractivity contribution >= 4 is 22.2 Å². The van der Waals surface area contributed by atoms with Gasteiger partial charge in [0, 0.05) is 5.56 Å². The number of rotatable bonds is 6. The van der Waals surface area contributed by atoms with E-state index in [0.29, 0.717) is 23.8 Å². The predicted octanol–water partition coefficient (Wildman–Crippen LogP) is 3.58. The van der Waals surface area contributed by atoms with Gasteiger partial charge in [-0.3, -0.25) is 4.79 Å². The molecule has 0 aromatic heterocycles. The molecular formula is C15H19BrO3. The normalized spacial score (nSPS) is 17.4. The summed E-state index contributed by atoms with van der Waals surface area (Å²) in [6, 6.07) is 5.16. The van der Waals surface area contributed by atoms with Gasteiger partial charge in [-0.15, -0.1) is 0 Å². The van der Waals surface area contributed by atoms with Crippen LogP contribution in [0.4, 0.5) is 0 Å². The highest BCUT2D eigenvalue weighted by Gasteiger charge is 2.19. The molecule has 0 aliphatic heterocycles. The first-order chi connectivity index (χ1) is 9.19. The van der Waals surface area contributed by atoms with Crippen molar-refractivity contribution in [3.05, 3.63) is 28.2 Å². The van der Waals surface area contributed by atoms with Gasteiger partial charge in [-0.2, -0.15) is 0 Å². The Morgan fingerprint density at radius 2 is 2.16 bits per heavy atom. The Balaban J connectivity index is 1.82. The maximum atomic E-state index is 10.6. The summed E-state index contributed by atoms with van der Waals surface area (Å²) in [6.45, 7) is 0.301. The summed E-state index contributed by atoms with van der Waals surface area (Å²) in [6.07, 6.45) is 6.24. The Morgan fingerprint density at radius 3 is 2.79 bits per heavy atom. The summed E-state index contributed by atoms with van der Waals surface area (Å²) in [7, 11) is 0. The fourth-order valence-corrected chi connectivity index (χ4v) is 3.10. The number of hydrogen-bond donors (Lipinski definition) is 1. The third-order valence-corrected chi connectivity index (χ3v) is 4.22. The van der Waals surface area contributed by atoms with Gasteiger partial charge in [-0.1, -0.05) is 25.7 Å². The number of hydrogen-bond acceptors (Lipinski definition) is 3. The van der Waals surface area contributed by atoms with Gasteiger partial charge in [0.2, 0.25) is 0 Å². The van der Waals surface area contributed by atoms with E-state index in [4.69, 9.17) is 4.74 Å². The van der Waals surface area contributed by atoms with E-state index in [-0.39, 0.29) is 0 Å². The molecule has 1 atom stereocenters. The van der Waals surface area contributed by atoms with Crippen LogP contribution in [0.3, 0.4) is 0 Å². The number of aliphatic hydroxyl groups is 1. The number of benzene rings is 1. The summed E-state index contributed by atoms with van der Waals surface area (Å²) < 4.78 is 6.34. The summed E-state index contributed by atoms with van der Waals surface area (Å²) in [5.41, 5.74) is 0.603. The van der Waals surface area contributed by atoms with Crippen LogP contribution in [0.2, 0.25) is 0 Å². The van der Waals surface area contributed by atoms with Gasteiger partial charge >= 0.3 is 0 Å². The lowest BCUT2D eigenvalue weighted by molar-refractivity contribution is 0.0852. The van der Waals surface area contributed by atoms with Crippen LogP contribution in [-0.2, 0) is 0 Å². The Hall–Kier alpha value is -0.870. The minimum absolute atomic E-state index is 0.301. The fraction of sp³-hybridized carbons (Fsp3) is 0.533. The molecule has 0 heterocycles. The zero-order chi connectivity index (χ0) is 13.7. The molecule has 0 bridgehead atoms. The number of carbonyl (C=O) groups excluding carboxylic acids is 1. The average molecular weight is 327 g/mol. The molecule has 0 amide bonds. The summed E-state index contributed by atoms with van der Waals surface area (Å²) in [5, 5.41) is 9.97. The molecule has 1 saturated carbocycles. The van der Waals surface area contributed by atoms with E-state index in [1.165, 1.54) is 25.7 Å². The van der Waals surface area contributed by atoms with Crippen LogP contribution in [0.15, 0.2) is 22.7 Å². The van der Waals surface area contributed by atoms with Crippen LogP contribution in [-0.4, -0.2) is 24.1 Å². The highest BCUT2D eigenvalue weighted by atomic mass is 79.9. The van der Waals surface area contributed by atoms with Crippen LogP contribution in [0.1, 0.15) is 42.5 Å². The topological polar surface area (TPSA) is 46.5 Å². The maximum absolute atomic E-state index is 10.6. The molecule has 1 N–H and O–H groups in total. The zero-order valence-electron chi connectivity index (χ0n) is 10.8. The first kappa shape index (κ1) is 14.5. The van der Waals surface area contributed by atoms with Crippen molar-refractivity contribution < 1.29 is 14.6 Å². The van der Waals surface area contributed by atoms with Crippen LogP contribution in [0.5, 0.6) is 5.75 Å². The third kappa shape index (κ3) is 4.32. The van der Waals surface area contributed by atoms with Gasteiger partial charge in [0.15, 0.2) is 0 Å². The molecule has 1 aliphatic carbocycles. The Morgan fingerprint density at radius 1 is 1.42 bits per heavy atom. The van der Waals surface area contributed by atoms with Crippen LogP contribution in [0, 0.1) is 5.92 Å². The number of ether oxygens (including phenoxy) is 1. The predicted molar refractivity (Wildman–Crippen MR) is 77.6 cm³/mol. The Labute approximate surface area is 122 Å². The first-order valence-electron chi connectivity index (χ1n) is 6.74. The highest BCUT2D eigenvalue weighted by Crippen LogP contribution is 2.29. The van der Waals surface area contributed by atoms with Crippen LogP contribution < -0.4 is 4.74 Å². The van der Waals surface area contributed by atoms with Crippen molar-refractivity contribution in [1.82, 2.24) is 0 Å². The van der Waals surface area contributed by atoms with Crippen molar-refractivity contribution in [1.29, 1.82) is 0 Å². The molecule has 19 heavy (non-hydrogen) atoms. The van der Waals surface area contributed by atoms with Crippen molar-refractivity contribution in [2.75, 3.05) is 6.61 Å². The Kier molecular flexibility index (Phi) is 5.40. The molecule has 1 fully saturated rings. The van der Waals surface area contributed by atoms with Crippen molar-refractivity contribution in [3.63, 3.8) is 0 Å². The monoisotopic (exact) mass is 326 g/mol. The molecule has 1 unspecified atom stereocenters. The van der Waals surface area contributed by atoms with E-state index in [1.54, 1.807) is 18.2 Å². The van der Waals surface area contributed by atoms with E-state index < -0.39 is 6.10 Å². The van der Waals surface area contributed by atoms with Gasteiger partial charge in [0.25, 0.3) is 0 Å². The van der Waals surface area contributed by atoms with Gasteiger partial charge in [-0.25, -0.2) is 0 Å². The minimum Gasteiger partial charge on any atom is -0.490 e. The van der Waals surface area contributed by atoms with Gasteiger partial charge in [0.1, 0.15) is 18.6 Å².